The lowest BCUT2D eigenvalue weighted by molar-refractivity contribution is 0.382. The summed E-state index contributed by atoms with van der Waals surface area (Å²) in [6.07, 6.45) is 0. The van der Waals surface area contributed by atoms with Crippen LogP contribution in [0.3, 0.4) is 0 Å². The summed E-state index contributed by atoms with van der Waals surface area (Å²) in [5.41, 5.74) is 14.8. The zero-order chi connectivity index (χ0) is 30.6. The van der Waals surface area contributed by atoms with Gasteiger partial charge in [0.15, 0.2) is 11.5 Å². The van der Waals surface area contributed by atoms with Crippen LogP contribution >= 0.6 is 0 Å². The smallest absolute Gasteiger partial charge is 0.169 e. The van der Waals surface area contributed by atoms with E-state index in [2.05, 4.69) is 0 Å². The number of nitrogens with two attached hydrogens (primary N) is 2. The van der Waals surface area contributed by atoms with Gasteiger partial charge in [0.05, 0.1) is 11.4 Å². The largest absolute Gasteiger partial charge is 0.505 e. The van der Waals surface area contributed by atoms with E-state index in [0.717, 1.165) is 11.1 Å². The second-order valence-corrected chi connectivity index (χ2v) is 14.8. The Labute approximate surface area is 240 Å². The van der Waals surface area contributed by atoms with Crippen LogP contribution in [0.15, 0.2) is 36.4 Å². The van der Waals surface area contributed by atoms with Gasteiger partial charge in [-0.25, -0.2) is 0 Å². The van der Waals surface area contributed by atoms with Gasteiger partial charge in [-0.15, -0.1) is 0 Å². The molecule has 0 aromatic heterocycles. The molecular formula is C34H48N2O4. The molecule has 0 aliphatic heterocycles. The Hall–Kier alpha value is -3.54. The standard InChI is InChI=1S/C34H48N2O4/c1-31(2,3)19-17-23(25(33(7,8)9)29(37)27(19)35)39-21-15-13-14-16-22(21)40-24-18-20(32(4,5)6)28(36)30(38)26(24)34(10,11)12/h13-18,37-38H,35-36H2,1-12H3. The minimum absolute atomic E-state index is 0.0293. The van der Waals surface area contributed by atoms with E-state index in [1.807, 2.05) is 119 Å². The Morgan fingerprint density at radius 1 is 0.500 bits per heavy atom. The lowest BCUT2D eigenvalue weighted by Gasteiger charge is -2.30. The number of rotatable bonds is 4. The maximum Gasteiger partial charge on any atom is 0.169 e. The Bertz CT molecular complexity index is 1300. The number of anilines is 2. The molecule has 218 valence electrons. The highest BCUT2D eigenvalue weighted by molar-refractivity contribution is 5.71. The second-order valence-electron chi connectivity index (χ2n) is 14.8. The van der Waals surface area contributed by atoms with Crippen molar-refractivity contribution in [2.45, 2.75) is 105 Å². The number of benzene rings is 3. The average molecular weight is 549 g/mol. The topological polar surface area (TPSA) is 111 Å². The molecule has 6 nitrogen and oxygen atoms in total. The van der Waals surface area contributed by atoms with Crippen molar-refractivity contribution >= 4 is 11.4 Å². The molecule has 3 aromatic rings. The molecule has 0 saturated heterocycles. The van der Waals surface area contributed by atoms with Crippen molar-refractivity contribution in [2.75, 3.05) is 11.5 Å². The van der Waals surface area contributed by atoms with Crippen molar-refractivity contribution in [1.29, 1.82) is 0 Å². The molecule has 0 radical (unpaired) electrons. The van der Waals surface area contributed by atoms with Crippen LogP contribution in [0.1, 0.15) is 105 Å². The molecule has 0 fully saturated rings. The monoisotopic (exact) mass is 548 g/mol. The summed E-state index contributed by atoms with van der Waals surface area (Å²) >= 11 is 0. The lowest BCUT2D eigenvalue weighted by Crippen LogP contribution is -2.19. The molecule has 0 aliphatic rings. The van der Waals surface area contributed by atoms with E-state index < -0.39 is 10.8 Å². The highest BCUT2D eigenvalue weighted by Crippen LogP contribution is 2.51. The second kappa shape index (κ2) is 10.1. The fourth-order valence-electron chi connectivity index (χ4n) is 5.03. The number of phenols is 2. The van der Waals surface area contributed by atoms with Crippen LogP contribution in [-0.2, 0) is 21.7 Å². The zero-order valence-electron chi connectivity index (χ0n) is 26.3. The number of para-hydroxylation sites is 2. The van der Waals surface area contributed by atoms with Crippen LogP contribution in [0.5, 0.6) is 34.5 Å². The predicted molar refractivity (Wildman–Crippen MR) is 166 cm³/mol. The van der Waals surface area contributed by atoms with E-state index in [4.69, 9.17) is 20.9 Å². The average Bonchev–Trinajstić information content (AvgIpc) is 2.76. The van der Waals surface area contributed by atoms with E-state index in [0.29, 0.717) is 45.5 Å². The molecule has 3 aromatic carbocycles. The van der Waals surface area contributed by atoms with E-state index in [-0.39, 0.29) is 22.3 Å². The van der Waals surface area contributed by atoms with Crippen LogP contribution < -0.4 is 20.9 Å². The van der Waals surface area contributed by atoms with Crippen molar-refractivity contribution in [1.82, 2.24) is 0 Å². The summed E-state index contributed by atoms with van der Waals surface area (Å²) < 4.78 is 13.1. The van der Waals surface area contributed by atoms with Crippen LogP contribution in [-0.4, -0.2) is 10.2 Å². The Balaban J connectivity index is 2.25. The van der Waals surface area contributed by atoms with Crippen LogP contribution in [0, 0.1) is 0 Å². The van der Waals surface area contributed by atoms with Gasteiger partial charge in [0.2, 0.25) is 0 Å². The third kappa shape index (κ3) is 6.11. The minimum atomic E-state index is -0.455. The molecule has 40 heavy (non-hydrogen) atoms. The molecule has 0 bridgehead atoms. The van der Waals surface area contributed by atoms with Crippen molar-refractivity contribution in [2.24, 2.45) is 0 Å². The van der Waals surface area contributed by atoms with E-state index in [9.17, 15) is 10.2 Å². The fourth-order valence-corrected chi connectivity index (χ4v) is 5.03. The summed E-state index contributed by atoms with van der Waals surface area (Å²) in [4.78, 5) is 0. The third-order valence-electron chi connectivity index (χ3n) is 7.01. The number of hydrogen-bond donors (Lipinski definition) is 4. The predicted octanol–water partition coefficient (Wildman–Crippen LogP) is 9.04. The highest BCUT2D eigenvalue weighted by atomic mass is 16.5. The van der Waals surface area contributed by atoms with Crippen molar-refractivity contribution in [3.05, 3.63) is 58.7 Å². The summed E-state index contributed by atoms with van der Waals surface area (Å²) in [5, 5.41) is 22.5. The van der Waals surface area contributed by atoms with Crippen LogP contribution in [0.4, 0.5) is 11.4 Å². The highest BCUT2D eigenvalue weighted by Gasteiger charge is 2.32. The van der Waals surface area contributed by atoms with Crippen LogP contribution in [0.25, 0.3) is 0 Å². The van der Waals surface area contributed by atoms with Gasteiger partial charge in [-0.1, -0.05) is 95.2 Å². The summed E-state index contributed by atoms with van der Waals surface area (Å²) in [5.74, 6) is 2.00. The van der Waals surface area contributed by atoms with Gasteiger partial charge in [-0.3, -0.25) is 0 Å². The van der Waals surface area contributed by atoms with Gasteiger partial charge in [-0.05, 0) is 57.1 Å². The van der Waals surface area contributed by atoms with Gasteiger partial charge in [0.25, 0.3) is 0 Å². The lowest BCUT2D eigenvalue weighted by atomic mass is 9.79. The SMILES string of the molecule is CC(C)(C)c1cc(Oc2ccccc2Oc2cc(C(C)(C)C)c(N)c(O)c2C(C)(C)C)c(C(C)(C)C)c(O)c1N. The molecule has 0 spiro atoms. The first kappa shape index (κ1) is 31.0. The van der Waals surface area contributed by atoms with Crippen molar-refractivity contribution in [3.63, 3.8) is 0 Å². The van der Waals surface area contributed by atoms with Crippen molar-refractivity contribution in [3.8, 4) is 34.5 Å². The summed E-state index contributed by atoms with van der Waals surface area (Å²) in [7, 11) is 0. The summed E-state index contributed by atoms with van der Waals surface area (Å²) in [6.45, 7) is 24.3. The summed E-state index contributed by atoms with van der Waals surface area (Å²) in [6, 6.07) is 11.2. The first-order valence-electron chi connectivity index (χ1n) is 13.8. The molecule has 6 heteroatoms. The van der Waals surface area contributed by atoms with E-state index >= 15 is 0 Å². The van der Waals surface area contributed by atoms with Crippen molar-refractivity contribution < 1.29 is 19.7 Å². The maximum absolute atomic E-state index is 11.3. The van der Waals surface area contributed by atoms with Crippen LogP contribution in [0.2, 0.25) is 0 Å². The number of phenolic OH excluding ortho intramolecular Hbond substituents is 2. The third-order valence-corrected chi connectivity index (χ3v) is 7.01. The molecule has 3 rings (SSSR count). The Morgan fingerprint density at radius 2 is 0.800 bits per heavy atom. The van der Waals surface area contributed by atoms with E-state index in [1.54, 1.807) is 0 Å². The van der Waals surface area contributed by atoms with Gasteiger partial charge >= 0.3 is 0 Å². The van der Waals surface area contributed by atoms with Gasteiger partial charge in [-0.2, -0.15) is 0 Å². The molecule has 0 amide bonds. The minimum Gasteiger partial charge on any atom is -0.505 e. The molecular weight excluding hydrogens is 500 g/mol. The molecule has 0 aliphatic carbocycles. The number of aromatic hydroxyl groups is 2. The zero-order valence-corrected chi connectivity index (χ0v) is 26.3. The Morgan fingerprint density at radius 3 is 1.05 bits per heavy atom. The molecule has 0 saturated carbocycles. The first-order valence-corrected chi connectivity index (χ1v) is 13.8. The quantitative estimate of drug-likeness (QED) is 0.191. The Kier molecular flexibility index (Phi) is 7.85. The molecule has 0 atom stereocenters. The number of ether oxygens (including phenoxy) is 2. The molecule has 0 heterocycles. The molecule has 6 N–H and O–H groups in total. The molecule has 0 unspecified atom stereocenters. The van der Waals surface area contributed by atoms with Gasteiger partial charge in [0.1, 0.15) is 23.0 Å². The normalized spacial score (nSPS) is 12.9. The fraction of sp³-hybridized carbons (Fsp3) is 0.471. The first-order chi connectivity index (χ1) is 18.0. The van der Waals surface area contributed by atoms with Gasteiger partial charge in [0, 0.05) is 11.1 Å². The maximum atomic E-state index is 11.3. The van der Waals surface area contributed by atoms with E-state index in [1.165, 1.54) is 0 Å². The number of hydrogen-bond acceptors (Lipinski definition) is 6. The van der Waals surface area contributed by atoms with Gasteiger partial charge < -0.3 is 31.2 Å². The number of nitrogen functional groups attached to an aromatic ring is 2.